The predicted molar refractivity (Wildman–Crippen MR) is 91.4 cm³/mol. The molecule has 0 radical (unpaired) electrons. The highest BCUT2D eigenvalue weighted by atomic mass is 35.5. The summed E-state index contributed by atoms with van der Waals surface area (Å²) in [6, 6.07) is 5.45. The molecule has 4 fully saturated rings. The van der Waals surface area contributed by atoms with Gasteiger partial charge < -0.3 is 11.1 Å². The van der Waals surface area contributed by atoms with E-state index in [0.717, 1.165) is 11.8 Å². The summed E-state index contributed by atoms with van der Waals surface area (Å²) >= 11 is 6.15. The van der Waals surface area contributed by atoms with E-state index in [1.54, 1.807) is 18.2 Å². The molecule has 5 heteroatoms. The van der Waals surface area contributed by atoms with E-state index in [1.165, 1.54) is 32.1 Å². The summed E-state index contributed by atoms with van der Waals surface area (Å²) in [4.78, 5) is 12.5. The van der Waals surface area contributed by atoms with Gasteiger partial charge in [0.25, 0.3) is 5.91 Å². The van der Waals surface area contributed by atoms with Crippen LogP contribution < -0.4 is 11.1 Å². The van der Waals surface area contributed by atoms with E-state index in [0.29, 0.717) is 34.2 Å². The first-order valence-electron chi connectivity index (χ1n) is 7.96. The highest BCUT2D eigenvalue weighted by molar-refractivity contribution is 6.34. The number of anilines is 1. The number of carbonyl (C=O) groups excluding carboxylic acids is 1. The lowest BCUT2D eigenvalue weighted by Crippen LogP contribution is -2.55. The minimum absolute atomic E-state index is 0. The highest BCUT2D eigenvalue weighted by Crippen LogP contribution is 2.53. The zero-order valence-corrected chi connectivity index (χ0v) is 14.0. The fourth-order valence-corrected chi connectivity index (χ4v) is 5.38. The molecule has 0 saturated heterocycles. The summed E-state index contributed by atoms with van der Waals surface area (Å²) in [5.41, 5.74) is 6.82. The Balaban J connectivity index is 0.00000144. The number of hydrogen-bond donors (Lipinski definition) is 2. The summed E-state index contributed by atoms with van der Waals surface area (Å²) in [5.74, 6) is 3.15. The molecule has 4 saturated carbocycles. The van der Waals surface area contributed by atoms with Gasteiger partial charge in [-0.15, -0.1) is 12.4 Å². The van der Waals surface area contributed by atoms with Crippen LogP contribution in [0.2, 0.25) is 5.02 Å². The Hall–Kier alpha value is -0.930. The maximum Gasteiger partial charge on any atom is 0.253 e. The fraction of sp³-hybridized carbons (Fsp3) is 0.588. The number of carbonyl (C=O) groups is 1. The normalized spacial score (nSPS) is 35.0. The van der Waals surface area contributed by atoms with Crippen molar-refractivity contribution in [2.75, 3.05) is 5.73 Å². The number of hydrogen-bond acceptors (Lipinski definition) is 2. The van der Waals surface area contributed by atoms with Gasteiger partial charge in [0, 0.05) is 11.7 Å². The largest absolute Gasteiger partial charge is 0.399 e. The van der Waals surface area contributed by atoms with E-state index in [4.69, 9.17) is 17.3 Å². The summed E-state index contributed by atoms with van der Waals surface area (Å²) in [5, 5.41) is 3.72. The van der Waals surface area contributed by atoms with Crippen molar-refractivity contribution in [2.45, 2.75) is 38.1 Å². The van der Waals surface area contributed by atoms with Gasteiger partial charge in [0.05, 0.1) is 10.6 Å². The summed E-state index contributed by atoms with van der Waals surface area (Å²) in [6.07, 6.45) is 6.62. The number of nitrogen functional groups attached to an aromatic ring is 1. The smallest absolute Gasteiger partial charge is 0.253 e. The Morgan fingerprint density at radius 3 is 2.23 bits per heavy atom. The van der Waals surface area contributed by atoms with Crippen molar-refractivity contribution in [3.8, 4) is 0 Å². The molecule has 0 unspecified atom stereocenters. The quantitative estimate of drug-likeness (QED) is 0.802. The molecule has 3 nitrogen and oxygen atoms in total. The second kappa shape index (κ2) is 5.93. The van der Waals surface area contributed by atoms with Gasteiger partial charge in [-0.1, -0.05) is 11.6 Å². The second-order valence-electron chi connectivity index (χ2n) is 7.17. The third kappa shape index (κ3) is 2.69. The van der Waals surface area contributed by atoms with E-state index in [1.807, 2.05) is 0 Å². The molecule has 0 spiro atoms. The van der Waals surface area contributed by atoms with Crippen LogP contribution in [-0.4, -0.2) is 11.9 Å². The molecule has 0 heterocycles. The molecular weight excluding hydrogens is 319 g/mol. The van der Waals surface area contributed by atoms with Crippen LogP contribution >= 0.6 is 24.0 Å². The van der Waals surface area contributed by atoms with Crippen molar-refractivity contribution < 1.29 is 4.79 Å². The molecule has 5 rings (SSSR count). The molecule has 0 atom stereocenters. The van der Waals surface area contributed by atoms with Gasteiger partial charge in [-0.3, -0.25) is 4.79 Å². The zero-order valence-electron chi connectivity index (χ0n) is 12.4. The summed E-state index contributed by atoms with van der Waals surface area (Å²) < 4.78 is 0. The van der Waals surface area contributed by atoms with Gasteiger partial charge in [0.2, 0.25) is 0 Å². The van der Waals surface area contributed by atoms with Crippen LogP contribution in [0.15, 0.2) is 18.2 Å². The van der Waals surface area contributed by atoms with Crippen LogP contribution in [-0.2, 0) is 0 Å². The van der Waals surface area contributed by atoms with E-state index in [2.05, 4.69) is 5.32 Å². The van der Waals surface area contributed by atoms with Gasteiger partial charge in [0.15, 0.2) is 0 Å². The Morgan fingerprint density at radius 2 is 1.68 bits per heavy atom. The van der Waals surface area contributed by atoms with E-state index in [-0.39, 0.29) is 18.3 Å². The first kappa shape index (κ1) is 15.9. The zero-order chi connectivity index (χ0) is 14.6. The number of halogens is 2. The van der Waals surface area contributed by atoms with Crippen molar-refractivity contribution in [3.63, 3.8) is 0 Å². The molecule has 1 aromatic rings. The Labute approximate surface area is 142 Å². The Kier molecular flexibility index (Phi) is 4.30. The maximum atomic E-state index is 12.5. The standard InChI is InChI=1S/C17H21ClN2O.ClH/c18-15-8-13(19)1-2-14(15)17(21)20-16-11-4-9-3-10(6-11)7-12(16)5-9;/h1-2,8-12,16H,3-7,19H2,(H,20,21);1H. The lowest BCUT2D eigenvalue weighted by atomic mass is 9.54. The van der Waals surface area contributed by atoms with Crippen LogP contribution in [0, 0.1) is 23.7 Å². The maximum absolute atomic E-state index is 12.5. The van der Waals surface area contributed by atoms with Crippen molar-refractivity contribution in [1.29, 1.82) is 0 Å². The monoisotopic (exact) mass is 340 g/mol. The number of nitrogens with two attached hydrogens (primary N) is 1. The minimum atomic E-state index is -0.0440. The minimum Gasteiger partial charge on any atom is -0.399 e. The average Bonchev–Trinajstić information content (AvgIpc) is 2.41. The SMILES string of the molecule is Cl.Nc1ccc(C(=O)NC2C3CC4CC(C3)CC2C4)c(Cl)c1. The van der Waals surface area contributed by atoms with Crippen LogP contribution in [0.1, 0.15) is 42.5 Å². The van der Waals surface area contributed by atoms with Crippen LogP contribution in [0.4, 0.5) is 5.69 Å². The average molecular weight is 341 g/mol. The molecule has 0 aliphatic heterocycles. The van der Waals surface area contributed by atoms with Crippen molar-refractivity contribution >= 4 is 35.6 Å². The number of nitrogens with one attached hydrogen (secondary N) is 1. The Morgan fingerprint density at radius 1 is 1.09 bits per heavy atom. The van der Waals surface area contributed by atoms with Crippen LogP contribution in [0.25, 0.3) is 0 Å². The molecule has 1 aromatic carbocycles. The van der Waals surface area contributed by atoms with Crippen molar-refractivity contribution in [1.82, 2.24) is 5.32 Å². The number of amides is 1. The van der Waals surface area contributed by atoms with Crippen molar-refractivity contribution in [2.24, 2.45) is 23.7 Å². The third-order valence-electron chi connectivity index (χ3n) is 5.76. The molecular formula is C17H22Cl2N2O. The molecule has 22 heavy (non-hydrogen) atoms. The fourth-order valence-electron chi connectivity index (χ4n) is 5.11. The first-order chi connectivity index (χ1) is 10.1. The highest BCUT2D eigenvalue weighted by Gasteiger charge is 2.48. The van der Waals surface area contributed by atoms with Crippen molar-refractivity contribution in [3.05, 3.63) is 28.8 Å². The molecule has 0 aromatic heterocycles. The number of rotatable bonds is 2. The first-order valence-corrected chi connectivity index (χ1v) is 8.34. The van der Waals surface area contributed by atoms with Gasteiger partial charge in [-0.2, -0.15) is 0 Å². The lowest BCUT2D eigenvalue weighted by molar-refractivity contribution is -0.0119. The summed E-state index contributed by atoms with van der Waals surface area (Å²) in [7, 11) is 0. The molecule has 4 bridgehead atoms. The van der Waals surface area contributed by atoms with Crippen LogP contribution in [0.5, 0.6) is 0 Å². The van der Waals surface area contributed by atoms with Gasteiger partial charge in [-0.25, -0.2) is 0 Å². The van der Waals surface area contributed by atoms with E-state index in [9.17, 15) is 4.79 Å². The lowest BCUT2D eigenvalue weighted by Gasteiger charge is -2.54. The van der Waals surface area contributed by atoms with E-state index < -0.39 is 0 Å². The molecule has 4 aliphatic carbocycles. The summed E-state index contributed by atoms with van der Waals surface area (Å²) in [6.45, 7) is 0. The predicted octanol–water partition coefficient (Wildman–Crippen LogP) is 3.90. The van der Waals surface area contributed by atoms with Crippen LogP contribution in [0.3, 0.4) is 0 Å². The molecule has 3 N–H and O–H groups in total. The van der Waals surface area contributed by atoms with Gasteiger partial charge >= 0.3 is 0 Å². The molecule has 1 amide bonds. The van der Waals surface area contributed by atoms with Gasteiger partial charge in [0.1, 0.15) is 0 Å². The molecule has 120 valence electrons. The number of benzene rings is 1. The van der Waals surface area contributed by atoms with Gasteiger partial charge in [-0.05, 0) is 74.0 Å². The third-order valence-corrected chi connectivity index (χ3v) is 6.07. The molecule has 4 aliphatic rings. The second-order valence-corrected chi connectivity index (χ2v) is 7.58. The topological polar surface area (TPSA) is 55.1 Å². The van der Waals surface area contributed by atoms with E-state index >= 15 is 0 Å². The Bertz CT molecular complexity index is 562.